The molecule has 126 valence electrons. The van der Waals surface area contributed by atoms with E-state index in [0.29, 0.717) is 13.1 Å². The van der Waals surface area contributed by atoms with E-state index in [1.54, 1.807) is 6.92 Å². The average molecular weight is 317 g/mol. The summed E-state index contributed by atoms with van der Waals surface area (Å²) in [6, 6.07) is 7.57. The highest BCUT2D eigenvalue weighted by atomic mass is 16.5. The third-order valence-corrected chi connectivity index (χ3v) is 4.96. The van der Waals surface area contributed by atoms with Crippen molar-refractivity contribution in [2.24, 2.45) is 5.73 Å². The molecule has 2 aliphatic rings. The fourth-order valence-corrected chi connectivity index (χ4v) is 3.62. The Morgan fingerprint density at radius 2 is 2.09 bits per heavy atom. The smallest absolute Gasteiger partial charge is 0.239 e. The monoisotopic (exact) mass is 317 g/mol. The summed E-state index contributed by atoms with van der Waals surface area (Å²) in [6.45, 7) is 5.02. The quantitative estimate of drug-likeness (QED) is 0.855. The van der Waals surface area contributed by atoms with Crippen molar-refractivity contribution in [1.29, 1.82) is 0 Å². The Morgan fingerprint density at radius 1 is 1.30 bits per heavy atom. The Morgan fingerprint density at radius 3 is 2.87 bits per heavy atom. The van der Waals surface area contributed by atoms with Crippen molar-refractivity contribution < 1.29 is 9.53 Å². The Bertz CT molecular complexity index is 575. The Labute approximate surface area is 138 Å². The Hall–Kier alpha value is -1.59. The number of hydrogen-bond donors (Lipinski definition) is 1. The summed E-state index contributed by atoms with van der Waals surface area (Å²) in [7, 11) is 2.15. The minimum absolute atomic E-state index is 0.00211. The number of carbonyl (C=O) groups is 1. The summed E-state index contributed by atoms with van der Waals surface area (Å²) in [5, 5.41) is 0. The van der Waals surface area contributed by atoms with Crippen LogP contribution in [0.25, 0.3) is 0 Å². The summed E-state index contributed by atoms with van der Waals surface area (Å²) in [5.41, 5.74) is 6.63. The van der Waals surface area contributed by atoms with E-state index in [0.717, 1.165) is 43.7 Å². The molecule has 2 N–H and O–H groups in total. The maximum absolute atomic E-state index is 12.6. The van der Waals surface area contributed by atoms with Crippen LogP contribution >= 0.6 is 0 Å². The number of nitrogens with zero attached hydrogens (tertiary/aromatic N) is 2. The lowest BCUT2D eigenvalue weighted by atomic mass is 9.93. The molecule has 0 radical (unpaired) electrons. The number of nitrogens with two attached hydrogens (primary N) is 1. The number of carbonyl (C=O) groups excluding carboxylic acids is 1. The molecule has 23 heavy (non-hydrogen) atoms. The molecular weight excluding hydrogens is 290 g/mol. The predicted octanol–water partition coefficient (Wildman–Crippen LogP) is 1.61. The van der Waals surface area contributed by atoms with Crippen molar-refractivity contribution in [2.45, 2.75) is 44.4 Å². The molecule has 1 amide bonds. The van der Waals surface area contributed by atoms with Crippen molar-refractivity contribution in [1.82, 2.24) is 9.80 Å². The minimum Gasteiger partial charge on any atom is -0.485 e. The van der Waals surface area contributed by atoms with Crippen LogP contribution in [-0.4, -0.2) is 54.0 Å². The molecule has 1 spiro atoms. The van der Waals surface area contributed by atoms with E-state index < -0.39 is 6.04 Å². The number of amides is 1. The van der Waals surface area contributed by atoms with Gasteiger partial charge in [0.05, 0.1) is 12.6 Å². The molecule has 2 atom stereocenters. The van der Waals surface area contributed by atoms with Crippen LogP contribution in [0.4, 0.5) is 0 Å². The predicted molar refractivity (Wildman–Crippen MR) is 90.2 cm³/mol. The number of benzene rings is 1. The van der Waals surface area contributed by atoms with Gasteiger partial charge in [-0.3, -0.25) is 4.79 Å². The lowest BCUT2D eigenvalue weighted by Crippen LogP contribution is -2.51. The first-order chi connectivity index (χ1) is 11.0. The molecule has 1 fully saturated rings. The van der Waals surface area contributed by atoms with Crippen LogP contribution in [-0.2, 0) is 11.3 Å². The van der Waals surface area contributed by atoms with Crippen LogP contribution in [0, 0.1) is 0 Å². The molecule has 1 aromatic rings. The third kappa shape index (κ3) is 3.51. The van der Waals surface area contributed by atoms with Gasteiger partial charge in [-0.2, -0.15) is 0 Å². The first-order valence-electron chi connectivity index (χ1n) is 8.49. The van der Waals surface area contributed by atoms with Gasteiger partial charge in [-0.1, -0.05) is 18.2 Å². The van der Waals surface area contributed by atoms with E-state index >= 15 is 0 Å². The van der Waals surface area contributed by atoms with Crippen molar-refractivity contribution in [2.75, 3.05) is 26.7 Å². The highest BCUT2D eigenvalue weighted by molar-refractivity contribution is 5.81. The lowest BCUT2D eigenvalue weighted by molar-refractivity contribution is -0.135. The number of rotatable bonds is 1. The second-order valence-corrected chi connectivity index (χ2v) is 7.03. The van der Waals surface area contributed by atoms with Crippen molar-refractivity contribution >= 4 is 5.91 Å². The van der Waals surface area contributed by atoms with Crippen molar-refractivity contribution in [3.8, 4) is 5.75 Å². The molecular formula is C18H27N3O2. The molecule has 0 aromatic heterocycles. The first-order valence-corrected chi connectivity index (χ1v) is 8.49. The Kier molecular flexibility index (Phi) is 4.60. The molecule has 5 nitrogen and oxygen atoms in total. The third-order valence-electron chi connectivity index (χ3n) is 4.96. The van der Waals surface area contributed by atoms with Gasteiger partial charge in [0.15, 0.2) is 0 Å². The van der Waals surface area contributed by atoms with E-state index in [4.69, 9.17) is 10.5 Å². The second-order valence-electron chi connectivity index (χ2n) is 7.03. The highest BCUT2D eigenvalue weighted by Crippen LogP contribution is 2.35. The van der Waals surface area contributed by atoms with Gasteiger partial charge in [0.25, 0.3) is 0 Å². The van der Waals surface area contributed by atoms with E-state index in [2.05, 4.69) is 11.9 Å². The summed E-state index contributed by atoms with van der Waals surface area (Å²) < 4.78 is 6.51. The topological polar surface area (TPSA) is 58.8 Å². The fourth-order valence-electron chi connectivity index (χ4n) is 3.62. The van der Waals surface area contributed by atoms with E-state index in [1.165, 1.54) is 0 Å². The number of hydrogen-bond acceptors (Lipinski definition) is 4. The number of para-hydroxylation sites is 1. The van der Waals surface area contributed by atoms with Gasteiger partial charge in [-0.25, -0.2) is 0 Å². The van der Waals surface area contributed by atoms with Crippen LogP contribution in [0.3, 0.4) is 0 Å². The maximum Gasteiger partial charge on any atom is 0.239 e. The normalized spacial score (nSPS) is 26.8. The van der Waals surface area contributed by atoms with Crippen molar-refractivity contribution in [3.63, 3.8) is 0 Å². The lowest BCUT2D eigenvalue weighted by Gasteiger charge is -2.36. The van der Waals surface area contributed by atoms with E-state index in [1.807, 2.05) is 29.2 Å². The molecule has 0 bridgehead atoms. The van der Waals surface area contributed by atoms with Gasteiger partial charge in [0.1, 0.15) is 11.4 Å². The zero-order valence-electron chi connectivity index (χ0n) is 14.1. The second kappa shape index (κ2) is 6.49. The summed E-state index contributed by atoms with van der Waals surface area (Å²) in [5.74, 6) is 0.916. The molecule has 5 heteroatoms. The minimum atomic E-state index is -0.481. The summed E-state index contributed by atoms with van der Waals surface area (Å²) in [6.07, 6.45) is 2.98. The standard InChI is InChI=1S/C18H27N3O2/c1-14(19)17(22)21-12-15-6-3-4-7-16(15)23-18(13-21)8-5-10-20(2)11-9-18/h3-4,6-7,14H,5,8-13,19H2,1-2H3/t14-,18-/m0/s1. The molecule has 2 aliphatic heterocycles. The fraction of sp³-hybridized carbons (Fsp3) is 0.611. The van der Waals surface area contributed by atoms with E-state index in [9.17, 15) is 4.79 Å². The highest BCUT2D eigenvalue weighted by Gasteiger charge is 2.40. The Balaban J connectivity index is 1.95. The molecule has 1 aromatic carbocycles. The molecule has 2 heterocycles. The SMILES string of the molecule is C[C@H](N)C(=O)N1Cc2ccccc2O[C@]2(CCCN(C)CC2)C1. The van der Waals surface area contributed by atoms with Gasteiger partial charge < -0.3 is 20.3 Å². The number of ether oxygens (including phenoxy) is 1. The molecule has 0 aliphatic carbocycles. The average Bonchev–Trinajstić information content (AvgIpc) is 2.80. The first kappa shape index (κ1) is 16.3. The van der Waals surface area contributed by atoms with Crippen LogP contribution in [0.15, 0.2) is 24.3 Å². The zero-order chi connectivity index (χ0) is 16.4. The van der Waals surface area contributed by atoms with Crippen LogP contribution < -0.4 is 10.5 Å². The van der Waals surface area contributed by atoms with Crippen molar-refractivity contribution in [3.05, 3.63) is 29.8 Å². The van der Waals surface area contributed by atoms with E-state index in [-0.39, 0.29) is 11.5 Å². The number of fused-ring (bicyclic) bond motifs is 1. The van der Waals surface area contributed by atoms with Gasteiger partial charge in [-0.15, -0.1) is 0 Å². The summed E-state index contributed by atoms with van der Waals surface area (Å²) >= 11 is 0. The van der Waals surface area contributed by atoms with Gasteiger partial charge in [0, 0.05) is 25.1 Å². The van der Waals surface area contributed by atoms with Crippen LogP contribution in [0.1, 0.15) is 31.7 Å². The van der Waals surface area contributed by atoms with Gasteiger partial charge in [-0.05, 0) is 39.4 Å². The zero-order valence-corrected chi connectivity index (χ0v) is 14.1. The molecule has 0 saturated carbocycles. The summed E-state index contributed by atoms with van der Waals surface area (Å²) in [4.78, 5) is 16.8. The molecule has 3 rings (SSSR count). The van der Waals surface area contributed by atoms with Gasteiger partial charge >= 0.3 is 0 Å². The van der Waals surface area contributed by atoms with Gasteiger partial charge in [0.2, 0.25) is 5.91 Å². The molecule has 1 saturated heterocycles. The maximum atomic E-state index is 12.6. The molecule has 0 unspecified atom stereocenters. The van der Waals surface area contributed by atoms with Crippen LogP contribution in [0.5, 0.6) is 5.75 Å². The number of likely N-dealkylation sites (tertiary alicyclic amines) is 1. The largest absolute Gasteiger partial charge is 0.485 e. The van der Waals surface area contributed by atoms with Crippen LogP contribution in [0.2, 0.25) is 0 Å².